The van der Waals surface area contributed by atoms with Gasteiger partial charge in [-0.15, -0.1) is 0 Å². The van der Waals surface area contributed by atoms with Crippen molar-refractivity contribution in [1.29, 1.82) is 0 Å². The number of carbonyl (C=O) groups is 1. The van der Waals surface area contributed by atoms with E-state index < -0.39 is 5.97 Å². The summed E-state index contributed by atoms with van der Waals surface area (Å²) in [7, 11) is 3.20. The fourth-order valence-corrected chi connectivity index (χ4v) is 1.92. The number of ether oxygens (including phenoxy) is 2. The van der Waals surface area contributed by atoms with E-state index in [1.807, 2.05) is 32.0 Å². The Morgan fingerprint density at radius 2 is 1.85 bits per heavy atom. The molecule has 0 amide bonds. The van der Waals surface area contributed by atoms with Gasteiger partial charge in [-0.2, -0.15) is 4.98 Å². The van der Waals surface area contributed by atoms with Crippen molar-refractivity contribution < 1.29 is 23.8 Å². The van der Waals surface area contributed by atoms with E-state index in [0.29, 0.717) is 24.1 Å². The summed E-state index contributed by atoms with van der Waals surface area (Å²) >= 11 is 0. The first-order valence-corrected chi connectivity index (χ1v) is 7.68. The molecule has 9 nitrogen and oxygen atoms in total. The van der Waals surface area contributed by atoms with Gasteiger partial charge in [0.2, 0.25) is 0 Å². The number of nitrogens with zero attached hydrogens (tertiary/aromatic N) is 2. The van der Waals surface area contributed by atoms with Gasteiger partial charge in [0, 0.05) is 6.92 Å². The van der Waals surface area contributed by atoms with Crippen LogP contribution in [0.1, 0.15) is 23.9 Å². The van der Waals surface area contributed by atoms with Crippen molar-refractivity contribution in [2.75, 3.05) is 19.5 Å². The normalized spacial score (nSPS) is 10.6. The Kier molecular flexibility index (Phi) is 7.94. The maximum Gasteiger partial charge on any atom is 0.301 e. The molecule has 2 rings (SSSR count). The lowest BCUT2D eigenvalue weighted by Crippen LogP contribution is -2.22. The van der Waals surface area contributed by atoms with Crippen LogP contribution < -0.4 is 20.5 Å². The smallest absolute Gasteiger partial charge is 0.301 e. The predicted molar refractivity (Wildman–Crippen MR) is 97.8 cm³/mol. The van der Waals surface area contributed by atoms with E-state index in [9.17, 15) is 0 Å². The third-order valence-corrected chi connectivity index (χ3v) is 3.20. The number of nitrogens with one attached hydrogen (secondary N) is 1. The van der Waals surface area contributed by atoms with Gasteiger partial charge in [-0.25, -0.2) is 4.99 Å². The molecule has 2 aromatic rings. The number of anilines is 1. The van der Waals surface area contributed by atoms with Crippen molar-refractivity contribution in [3.8, 4) is 11.5 Å². The van der Waals surface area contributed by atoms with Crippen LogP contribution in [0.4, 0.5) is 6.01 Å². The highest BCUT2D eigenvalue weighted by Gasteiger charge is 2.10. The summed E-state index contributed by atoms with van der Waals surface area (Å²) in [6.45, 7) is 5.09. The van der Waals surface area contributed by atoms with Gasteiger partial charge in [0.1, 0.15) is 17.3 Å². The molecule has 0 unspecified atom stereocenters. The molecule has 0 aliphatic carbocycles. The predicted octanol–water partition coefficient (Wildman–Crippen LogP) is 2.33. The highest BCUT2D eigenvalue weighted by molar-refractivity contribution is 5.90. The van der Waals surface area contributed by atoms with Crippen molar-refractivity contribution in [3.05, 3.63) is 35.2 Å². The van der Waals surface area contributed by atoms with Gasteiger partial charge in [-0.1, -0.05) is 6.07 Å². The summed E-state index contributed by atoms with van der Waals surface area (Å²) in [6, 6.07) is 5.86. The molecule has 0 aliphatic heterocycles. The highest BCUT2D eigenvalue weighted by atomic mass is 16.5. The second kappa shape index (κ2) is 9.92. The van der Waals surface area contributed by atoms with Gasteiger partial charge in [0.15, 0.2) is 5.96 Å². The molecule has 0 atom stereocenters. The number of hydrogen-bond donors (Lipinski definition) is 3. The minimum atomic E-state index is -0.833. The molecule has 0 saturated heterocycles. The second-order valence-corrected chi connectivity index (χ2v) is 5.15. The lowest BCUT2D eigenvalue weighted by atomic mass is 10.2. The summed E-state index contributed by atoms with van der Waals surface area (Å²) in [4.78, 5) is 17.5. The molecule has 0 radical (unpaired) electrons. The fraction of sp³-hybridized carbons (Fsp3) is 0.353. The number of nitrogens with two attached hydrogens (primary N) is 1. The molecule has 142 valence electrons. The summed E-state index contributed by atoms with van der Waals surface area (Å²) in [5, 5.41) is 10.2. The van der Waals surface area contributed by atoms with Crippen LogP contribution in [0.15, 0.2) is 27.6 Å². The third-order valence-electron chi connectivity index (χ3n) is 3.20. The molecule has 26 heavy (non-hydrogen) atoms. The Morgan fingerprint density at radius 1 is 1.31 bits per heavy atom. The number of rotatable bonds is 5. The zero-order chi connectivity index (χ0) is 19.7. The number of guanidine groups is 1. The van der Waals surface area contributed by atoms with Crippen LogP contribution in [0.5, 0.6) is 11.5 Å². The first-order valence-electron chi connectivity index (χ1n) is 7.68. The molecule has 0 saturated carbocycles. The van der Waals surface area contributed by atoms with E-state index in [-0.39, 0.29) is 5.96 Å². The van der Waals surface area contributed by atoms with Crippen molar-refractivity contribution in [2.45, 2.75) is 27.3 Å². The summed E-state index contributed by atoms with van der Waals surface area (Å²) < 4.78 is 16.0. The largest absolute Gasteiger partial charge is 0.496 e. The van der Waals surface area contributed by atoms with E-state index in [0.717, 1.165) is 23.9 Å². The quantitative estimate of drug-likeness (QED) is 0.544. The van der Waals surface area contributed by atoms with Crippen molar-refractivity contribution in [2.24, 2.45) is 10.7 Å². The van der Waals surface area contributed by atoms with Crippen LogP contribution in [0.2, 0.25) is 0 Å². The Balaban J connectivity index is 0.000000765. The number of carboxylic acid groups (broad SMARTS) is 1. The Morgan fingerprint density at radius 3 is 2.27 bits per heavy atom. The van der Waals surface area contributed by atoms with Gasteiger partial charge in [-0.3, -0.25) is 10.1 Å². The van der Waals surface area contributed by atoms with Crippen molar-refractivity contribution in [1.82, 2.24) is 4.98 Å². The van der Waals surface area contributed by atoms with Crippen LogP contribution in [0.3, 0.4) is 0 Å². The summed E-state index contributed by atoms with van der Waals surface area (Å²) in [5.74, 6) is 1.49. The zero-order valence-electron chi connectivity index (χ0n) is 15.5. The molecule has 1 aromatic carbocycles. The standard InChI is InChI=1S/C15H20N4O3.C2H4O2/c1-9-10(2)22-15(18-9)19-14(16)17-8-11-12(20-3)6-5-7-13(11)21-4;1-2(3)4/h5-7H,8H2,1-4H3,(H3,16,17,18,19);1H3,(H,3,4). The maximum absolute atomic E-state index is 9.00. The lowest BCUT2D eigenvalue weighted by molar-refractivity contribution is -0.134. The van der Waals surface area contributed by atoms with Crippen LogP contribution in [-0.4, -0.2) is 36.2 Å². The van der Waals surface area contributed by atoms with E-state index in [1.54, 1.807) is 14.2 Å². The number of benzene rings is 1. The Labute approximate surface area is 151 Å². The number of aliphatic imine (C=N–C) groups is 1. The molecule has 1 aromatic heterocycles. The molecule has 0 aliphatic rings. The minimum absolute atomic E-state index is 0.203. The SMILES string of the molecule is CC(=O)O.COc1cccc(OC)c1CN=C(N)Nc1nc(C)c(C)o1. The van der Waals surface area contributed by atoms with E-state index in [2.05, 4.69) is 15.3 Å². The van der Waals surface area contributed by atoms with Gasteiger partial charge in [0.05, 0.1) is 32.0 Å². The number of aryl methyl sites for hydroxylation is 2. The zero-order valence-corrected chi connectivity index (χ0v) is 15.5. The van der Waals surface area contributed by atoms with Crippen LogP contribution in [0, 0.1) is 13.8 Å². The number of aliphatic carboxylic acids is 1. The number of oxazole rings is 1. The van der Waals surface area contributed by atoms with Crippen LogP contribution in [0.25, 0.3) is 0 Å². The van der Waals surface area contributed by atoms with Gasteiger partial charge >= 0.3 is 6.01 Å². The first kappa shape index (κ1) is 20.8. The van der Waals surface area contributed by atoms with E-state index in [4.69, 9.17) is 29.5 Å². The minimum Gasteiger partial charge on any atom is -0.496 e. The van der Waals surface area contributed by atoms with E-state index >= 15 is 0 Å². The van der Waals surface area contributed by atoms with Gasteiger partial charge in [0.25, 0.3) is 5.97 Å². The molecule has 1 heterocycles. The average Bonchev–Trinajstić information content (AvgIpc) is 2.89. The monoisotopic (exact) mass is 364 g/mol. The first-order chi connectivity index (χ1) is 12.3. The molecular weight excluding hydrogens is 340 g/mol. The molecule has 4 N–H and O–H groups in total. The molecule has 0 spiro atoms. The number of aromatic nitrogens is 1. The number of methoxy groups -OCH3 is 2. The third kappa shape index (κ3) is 6.34. The van der Waals surface area contributed by atoms with Crippen LogP contribution in [-0.2, 0) is 11.3 Å². The maximum atomic E-state index is 9.00. The fourth-order valence-electron chi connectivity index (χ4n) is 1.92. The Bertz CT molecular complexity index is 725. The molecular formula is C17H24N4O5. The van der Waals surface area contributed by atoms with Gasteiger partial charge < -0.3 is 24.7 Å². The van der Waals surface area contributed by atoms with E-state index in [1.165, 1.54) is 0 Å². The second-order valence-electron chi connectivity index (χ2n) is 5.15. The summed E-state index contributed by atoms with van der Waals surface area (Å²) in [5.41, 5.74) is 7.48. The molecule has 0 fully saturated rings. The Hall–Kier alpha value is -3.23. The molecule has 0 bridgehead atoms. The summed E-state index contributed by atoms with van der Waals surface area (Å²) in [6.07, 6.45) is 0. The highest BCUT2D eigenvalue weighted by Crippen LogP contribution is 2.28. The van der Waals surface area contributed by atoms with Crippen molar-refractivity contribution in [3.63, 3.8) is 0 Å². The van der Waals surface area contributed by atoms with Gasteiger partial charge in [-0.05, 0) is 26.0 Å². The topological polar surface area (TPSA) is 132 Å². The lowest BCUT2D eigenvalue weighted by Gasteiger charge is -2.11. The number of hydrogen-bond acceptors (Lipinski definition) is 6. The number of carboxylic acids is 1. The van der Waals surface area contributed by atoms with Crippen molar-refractivity contribution >= 4 is 17.9 Å². The molecule has 9 heteroatoms. The van der Waals surface area contributed by atoms with Crippen LogP contribution >= 0.6 is 0 Å². The average molecular weight is 364 g/mol.